The molecule has 0 aliphatic heterocycles. The molecule has 3 heteroatoms. The first-order chi connectivity index (χ1) is 8.96. The third kappa shape index (κ3) is 2.98. The number of hydrogen-bond acceptors (Lipinski definition) is 2. The normalized spacial score (nSPS) is 13.9. The third-order valence-corrected chi connectivity index (χ3v) is 3.51. The van der Waals surface area contributed by atoms with Crippen LogP contribution in [0.1, 0.15) is 45.9 Å². The SMILES string of the molecule is CCn1c(C(CN)CC(C)(C)C)nc2ccccc21. The second kappa shape index (κ2) is 5.33. The molecule has 19 heavy (non-hydrogen) atoms. The van der Waals surface area contributed by atoms with Gasteiger partial charge in [0.25, 0.3) is 0 Å². The first-order valence-electron chi connectivity index (χ1n) is 7.11. The molecule has 2 rings (SSSR count). The van der Waals surface area contributed by atoms with Gasteiger partial charge >= 0.3 is 0 Å². The van der Waals surface area contributed by atoms with Crippen LogP contribution >= 0.6 is 0 Å². The zero-order chi connectivity index (χ0) is 14.0. The van der Waals surface area contributed by atoms with Crippen LogP contribution in [0.15, 0.2) is 24.3 Å². The Morgan fingerprint density at radius 1 is 1.26 bits per heavy atom. The van der Waals surface area contributed by atoms with Gasteiger partial charge in [-0.15, -0.1) is 0 Å². The van der Waals surface area contributed by atoms with Crippen LogP contribution in [0.2, 0.25) is 0 Å². The highest BCUT2D eigenvalue weighted by Gasteiger charge is 2.23. The van der Waals surface area contributed by atoms with Gasteiger partial charge in [-0.3, -0.25) is 0 Å². The molecule has 0 saturated carbocycles. The molecule has 2 N–H and O–H groups in total. The van der Waals surface area contributed by atoms with Crippen LogP contribution < -0.4 is 5.73 Å². The third-order valence-electron chi connectivity index (χ3n) is 3.51. The lowest BCUT2D eigenvalue weighted by atomic mass is 9.84. The molecule has 0 radical (unpaired) electrons. The number of fused-ring (bicyclic) bond motifs is 1. The first-order valence-corrected chi connectivity index (χ1v) is 7.11. The Balaban J connectivity index is 2.47. The summed E-state index contributed by atoms with van der Waals surface area (Å²) in [6, 6.07) is 8.33. The first kappa shape index (κ1) is 14.1. The Morgan fingerprint density at radius 2 is 1.95 bits per heavy atom. The zero-order valence-corrected chi connectivity index (χ0v) is 12.5. The van der Waals surface area contributed by atoms with Crippen molar-refractivity contribution in [1.82, 2.24) is 9.55 Å². The molecular weight excluding hydrogens is 234 g/mol. The van der Waals surface area contributed by atoms with Gasteiger partial charge < -0.3 is 10.3 Å². The van der Waals surface area contributed by atoms with Gasteiger partial charge in [-0.1, -0.05) is 32.9 Å². The number of benzene rings is 1. The average molecular weight is 259 g/mol. The minimum absolute atomic E-state index is 0.265. The fourth-order valence-electron chi connectivity index (χ4n) is 2.76. The molecule has 0 aliphatic carbocycles. The second-order valence-corrected chi connectivity index (χ2v) is 6.40. The van der Waals surface area contributed by atoms with Crippen molar-refractivity contribution < 1.29 is 0 Å². The summed E-state index contributed by atoms with van der Waals surface area (Å²) in [4.78, 5) is 4.82. The number of nitrogens with zero attached hydrogens (tertiary/aromatic N) is 2. The maximum absolute atomic E-state index is 6.00. The molecule has 0 fully saturated rings. The highest BCUT2D eigenvalue weighted by Crippen LogP contribution is 2.31. The van der Waals surface area contributed by atoms with Crippen LogP contribution in [0, 0.1) is 5.41 Å². The van der Waals surface area contributed by atoms with E-state index in [1.807, 2.05) is 6.07 Å². The molecule has 1 heterocycles. The fraction of sp³-hybridized carbons (Fsp3) is 0.562. The number of rotatable bonds is 4. The maximum Gasteiger partial charge on any atom is 0.114 e. The van der Waals surface area contributed by atoms with Crippen LogP contribution in [-0.2, 0) is 6.54 Å². The lowest BCUT2D eigenvalue weighted by Gasteiger charge is -2.25. The lowest BCUT2D eigenvalue weighted by Crippen LogP contribution is -2.22. The van der Waals surface area contributed by atoms with Crippen LogP contribution in [0.3, 0.4) is 0 Å². The molecule has 1 aromatic carbocycles. The molecular formula is C16H25N3. The van der Waals surface area contributed by atoms with E-state index < -0.39 is 0 Å². The van der Waals surface area contributed by atoms with Gasteiger partial charge in [0, 0.05) is 19.0 Å². The summed E-state index contributed by atoms with van der Waals surface area (Å²) in [6.45, 7) is 10.5. The van der Waals surface area contributed by atoms with Crippen LogP contribution in [0.4, 0.5) is 0 Å². The quantitative estimate of drug-likeness (QED) is 0.912. The zero-order valence-electron chi connectivity index (χ0n) is 12.5. The van der Waals surface area contributed by atoms with E-state index in [9.17, 15) is 0 Å². The summed E-state index contributed by atoms with van der Waals surface area (Å²) in [6.07, 6.45) is 1.06. The van der Waals surface area contributed by atoms with Gasteiger partial charge in [0.2, 0.25) is 0 Å². The Kier molecular flexibility index (Phi) is 3.95. The molecule has 0 aliphatic rings. The molecule has 0 bridgehead atoms. The predicted molar refractivity (Wildman–Crippen MR) is 81.3 cm³/mol. The van der Waals surface area contributed by atoms with Crippen molar-refractivity contribution in [2.45, 2.75) is 46.6 Å². The topological polar surface area (TPSA) is 43.8 Å². The van der Waals surface area contributed by atoms with Crippen LogP contribution in [0.25, 0.3) is 11.0 Å². The van der Waals surface area contributed by atoms with Gasteiger partial charge in [-0.25, -0.2) is 4.98 Å². The molecule has 0 amide bonds. The van der Waals surface area contributed by atoms with Gasteiger partial charge in [0.05, 0.1) is 11.0 Å². The largest absolute Gasteiger partial charge is 0.330 e. The average Bonchev–Trinajstić information content (AvgIpc) is 2.73. The fourth-order valence-corrected chi connectivity index (χ4v) is 2.76. The number of aryl methyl sites for hydroxylation is 1. The molecule has 0 saturated heterocycles. The smallest absolute Gasteiger partial charge is 0.114 e. The second-order valence-electron chi connectivity index (χ2n) is 6.40. The van der Waals surface area contributed by atoms with Gasteiger partial charge in [0.1, 0.15) is 5.82 Å². The Labute approximate surface area is 115 Å². The highest BCUT2D eigenvalue weighted by molar-refractivity contribution is 5.76. The number of aromatic nitrogens is 2. The number of imidazole rings is 1. The van der Waals surface area contributed by atoms with Crippen molar-refractivity contribution in [2.24, 2.45) is 11.1 Å². The Morgan fingerprint density at radius 3 is 2.53 bits per heavy atom. The monoisotopic (exact) mass is 259 g/mol. The highest BCUT2D eigenvalue weighted by atomic mass is 15.1. The Hall–Kier alpha value is -1.35. The summed E-state index contributed by atoms with van der Waals surface area (Å²) < 4.78 is 2.30. The Bertz CT molecular complexity index is 549. The van der Waals surface area contributed by atoms with Crippen molar-refractivity contribution in [2.75, 3.05) is 6.54 Å². The molecule has 1 atom stereocenters. The van der Waals surface area contributed by atoms with Crippen molar-refractivity contribution in [3.8, 4) is 0 Å². The number of para-hydroxylation sites is 2. The summed E-state index contributed by atoms with van der Waals surface area (Å²) in [7, 11) is 0. The minimum atomic E-state index is 0.265. The van der Waals surface area contributed by atoms with Gasteiger partial charge in [0.15, 0.2) is 0 Å². The van der Waals surface area contributed by atoms with E-state index in [0.717, 1.165) is 24.3 Å². The minimum Gasteiger partial charge on any atom is -0.330 e. The standard InChI is InChI=1S/C16H25N3/c1-5-19-14-9-7-6-8-13(14)18-15(19)12(11-17)10-16(2,3)4/h6-9,12H,5,10-11,17H2,1-4H3. The van der Waals surface area contributed by atoms with E-state index in [1.54, 1.807) is 0 Å². The van der Waals surface area contributed by atoms with E-state index in [0.29, 0.717) is 12.5 Å². The van der Waals surface area contributed by atoms with Crippen molar-refractivity contribution >= 4 is 11.0 Å². The van der Waals surface area contributed by atoms with Crippen LogP contribution in [-0.4, -0.2) is 16.1 Å². The molecule has 104 valence electrons. The predicted octanol–water partition coefficient (Wildman–Crippen LogP) is 3.53. The van der Waals surface area contributed by atoms with Crippen molar-refractivity contribution in [1.29, 1.82) is 0 Å². The van der Waals surface area contributed by atoms with E-state index in [4.69, 9.17) is 10.7 Å². The van der Waals surface area contributed by atoms with Crippen LogP contribution in [0.5, 0.6) is 0 Å². The van der Waals surface area contributed by atoms with E-state index in [-0.39, 0.29) is 5.41 Å². The van der Waals surface area contributed by atoms with Gasteiger partial charge in [-0.2, -0.15) is 0 Å². The van der Waals surface area contributed by atoms with E-state index >= 15 is 0 Å². The summed E-state index contributed by atoms with van der Waals surface area (Å²) in [5.41, 5.74) is 8.56. The molecule has 3 nitrogen and oxygen atoms in total. The summed E-state index contributed by atoms with van der Waals surface area (Å²) >= 11 is 0. The molecule has 2 aromatic rings. The van der Waals surface area contributed by atoms with E-state index in [2.05, 4.69) is 50.5 Å². The maximum atomic E-state index is 6.00. The number of nitrogens with two attached hydrogens (primary N) is 1. The molecule has 1 unspecified atom stereocenters. The summed E-state index contributed by atoms with van der Waals surface area (Å²) in [5.74, 6) is 1.47. The van der Waals surface area contributed by atoms with Crippen molar-refractivity contribution in [3.05, 3.63) is 30.1 Å². The lowest BCUT2D eigenvalue weighted by molar-refractivity contribution is 0.332. The van der Waals surface area contributed by atoms with E-state index in [1.165, 1.54) is 5.52 Å². The number of hydrogen-bond donors (Lipinski definition) is 1. The summed E-state index contributed by atoms with van der Waals surface area (Å²) in [5, 5.41) is 0. The molecule has 1 aromatic heterocycles. The van der Waals surface area contributed by atoms with Crippen molar-refractivity contribution in [3.63, 3.8) is 0 Å². The molecule has 0 spiro atoms. The van der Waals surface area contributed by atoms with Gasteiger partial charge in [-0.05, 0) is 30.9 Å².